The number of hydrogen-bond donors (Lipinski definition) is 6. The molecule has 9 heteroatoms. The second-order valence-electron chi connectivity index (χ2n) is 6.03. The fourth-order valence-electron chi connectivity index (χ4n) is 2.77. The molecule has 1 aromatic heterocycles. The number of nitrogen functional groups attached to an aromatic ring is 1. The number of rotatable bonds is 5. The van der Waals surface area contributed by atoms with Crippen molar-refractivity contribution in [2.75, 3.05) is 29.1 Å². The largest absolute Gasteiger partial charge is 0.398 e. The van der Waals surface area contributed by atoms with E-state index < -0.39 is 24.9 Å². The number of benzene rings is 1. The van der Waals surface area contributed by atoms with Gasteiger partial charge in [-0.25, -0.2) is 9.97 Å². The van der Waals surface area contributed by atoms with Crippen molar-refractivity contribution in [2.45, 2.75) is 25.2 Å². The highest BCUT2D eigenvalue weighted by molar-refractivity contribution is 5.91. The number of aryl methyl sites for hydroxylation is 1. The monoisotopic (exact) mass is 347 g/mol. The van der Waals surface area contributed by atoms with Crippen LogP contribution < -0.4 is 16.0 Å². The van der Waals surface area contributed by atoms with E-state index in [4.69, 9.17) is 10.8 Å². The molecule has 1 aliphatic rings. The molecule has 3 rings (SSSR count). The quantitative estimate of drug-likeness (QED) is 0.399. The molecule has 25 heavy (non-hydrogen) atoms. The topological polar surface area (TPSA) is 148 Å². The number of nitrogens with zero attached hydrogens (tertiary/aromatic N) is 3. The number of anilines is 5. The van der Waals surface area contributed by atoms with E-state index in [0.29, 0.717) is 22.9 Å². The van der Waals surface area contributed by atoms with Crippen molar-refractivity contribution in [2.24, 2.45) is 0 Å². The summed E-state index contributed by atoms with van der Waals surface area (Å²) in [5.74, 6) is 0.510. The third-order valence-corrected chi connectivity index (χ3v) is 4.24. The van der Waals surface area contributed by atoms with E-state index >= 15 is 0 Å². The van der Waals surface area contributed by atoms with E-state index in [1.54, 1.807) is 17.2 Å². The van der Waals surface area contributed by atoms with Crippen molar-refractivity contribution in [1.82, 2.24) is 9.97 Å². The molecule has 0 spiro atoms. The molecule has 0 radical (unpaired) electrons. The maximum Gasteiger partial charge on any atom is 0.160 e. The SMILES string of the molecule is Cc1cc2c(cc1N)N(C[C@H](O)[C@H](O)[C@H](O)CO)c1ncncc1N2. The molecule has 0 fully saturated rings. The van der Waals surface area contributed by atoms with Crippen LogP contribution in [0.5, 0.6) is 0 Å². The Morgan fingerprint density at radius 3 is 2.68 bits per heavy atom. The van der Waals surface area contributed by atoms with Gasteiger partial charge in [0.2, 0.25) is 0 Å². The van der Waals surface area contributed by atoms with Crippen LogP contribution in [0.1, 0.15) is 5.56 Å². The van der Waals surface area contributed by atoms with Crippen LogP contribution in [0.25, 0.3) is 0 Å². The molecule has 1 aromatic carbocycles. The van der Waals surface area contributed by atoms with Crippen molar-refractivity contribution < 1.29 is 20.4 Å². The Hall–Kier alpha value is -2.46. The first-order valence-corrected chi connectivity index (χ1v) is 7.82. The van der Waals surface area contributed by atoms with Crippen LogP contribution >= 0.6 is 0 Å². The minimum atomic E-state index is -1.50. The molecular weight excluding hydrogens is 326 g/mol. The number of aliphatic hydroxyl groups is 4. The molecule has 0 bridgehead atoms. The van der Waals surface area contributed by atoms with Crippen LogP contribution in [-0.4, -0.2) is 61.9 Å². The predicted octanol–water partition coefficient (Wildman–Crippen LogP) is -0.363. The third-order valence-electron chi connectivity index (χ3n) is 4.24. The maximum atomic E-state index is 10.3. The highest BCUT2D eigenvalue weighted by atomic mass is 16.4. The molecule has 134 valence electrons. The van der Waals surface area contributed by atoms with Crippen molar-refractivity contribution in [1.29, 1.82) is 0 Å². The van der Waals surface area contributed by atoms with Gasteiger partial charge in [-0.1, -0.05) is 0 Å². The molecule has 9 nitrogen and oxygen atoms in total. The van der Waals surface area contributed by atoms with E-state index in [1.807, 2.05) is 13.0 Å². The average Bonchev–Trinajstić information content (AvgIpc) is 2.61. The Labute approximate surface area is 144 Å². The first-order valence-electron chi connectivity index (χ1n) is 7.82. The van der Waals surface area contributed by atoms with Gasteiger partial charge in [0.1, 0.15) is 30.3 Å². The minimum Gasteiger partial charge on any atom is -0.398 e. The average molecular weight is 347 g/mol. The van der Waals surface area contributed by atoms with E-state index in [9.17, 15) is 15.3 Å². The van der Waals surface area contributed by atoms with Gasteiger partial charge in [0.25, 0.3) is 0 Å². The lowest BCUT2D eigenvalue weighted by Crippen LogP contribution is -2.45. The van der Waals surface area contributed by atoms with Crippen LogP contribution in [0.15, 0.2) is 24.7 Å². The number of nitrogens with two attached hydrogens (primary N) is 1. The summed E-state index contributed by atoms with van der Waals surface area (Å²) in [6, 6.07) is 3.63. The van der Waals surface area contributed by atoms with E-state index in [1.165, 1.54) is 6.33 Å². The number of fused-ring (bicyclic) bond motifs is 2. The fraction of sp³-hybridized carbons (Fsp3) is 0.375. The summed E-state index contributed by atoms with van der Waals surface area (Å²) in [4.78, 5) is 9.92. The van der Waals surface area contributed by atoms with Crippen molar-refractivity contribution in [3.05, 3.63) is 30.2 Å². The van der Waals surface area contributed by atoms with Gasteiger partial charge in [0, 0.05) is 5.69 Å². The number of aliphatic hydroxyl groups excluding tert-OH is 4. The number of aromatic nitrogens is 2. The van der Waals surface area contributed by atoms with Crippen LogP contribution in [0.2, 0.25) is 0 Å². The summed E-state index contributed by atoms with van der Waals surface area (Å²) < 4.78 is 0. The van der Waals surface area contributed by atoms with Gasteiger partial charge in [-0.2, -0.15) is 0 Å². The number of hydrogen-bond acceptors (Lipinski definition) is 9. The number of β-amino-alcohol motifs (C(OH)–C–C–N with tert-alkyl or cyclic N) is 1. The van der Waals surface area contributed by atoms with Gasteiger partial charge < -0.3 is 36.4 Å². The molecule has 0 saturated carbocycles. The van der Waals surface area contributed by atoms with Crippen LogP contribution in [0, 0.1) is 6.92 Å². The summed E-state index contributed by atoms with van der Waals surface area (Å²) in [5, 5.41) is 42.0. The first-order chi connectivity index (χ1) is 11.9. The van der Waals surface area contributed by atoms with Gasteiger partial charge in [-0.05, 0) is 24.6 Å². The predicted molar refractivity (Wildman–Crippen MR) is 93.0 cm³/mol. The summed E-state index contributed by atoms with van der Waals surface area (Å²) in [6.45, 7) is 1.18. The Kier molecular flexibility index (Phi) is 4.73. The fourth-order valence-corrected chi connectivity index (χ4v) is 2.77. The zero-order valence-electron chi connectivity index (χ0n) is 13.7. The second-order valence-corrected chi connectivity index (χ2v) is 6.03. The van der Waals surface area contributed by atoms with E-state index in [-0.39, 0.29) is 6.54 Å². The molecule has 0 amide bonds. The van der Waals surface area contributed by atoms with Crippen molar-refractivity contribution >= 4 is 28.6 Å². The lowest BCUT2D eigenvalue weighted by atomic mass is 10.0. The minimum absolute atomic E-state index is 0.0561. The van der Waals surface area contributed by atoms with Gasteiger partial charge in [-0.15, -0.1) is 0 Å². The molecule has 0 aliphatic carbocycles. The molecule has 2 heterocycles. The van der Waals surface area contributed by atoms with Crippen molar-refractivity contribution in [3.63, 3.8) is 0 Å². The molecule has 2 aromatic rings. The highest BCUT2D eigenvalue weighted by Crippen LogP contribution is 2.43. The highest BCUT2D eigenvalue weighted by Gasteiger charge is 2.31. The van der Waals surface area contributed by atoms with E-state index in [0.717, 1.165) is 11.3 Å². The normalized spacial score (nSPS) is 16.4. The Morgan fingerprint density at radius 1 is 1.20 bits per heavy atom. The molecule has 0 unspecified atom stereocenters. The van der Waals surface area contributed by atoms with Crippen LogP contribution in [0.4, 0.5) is 28.6 Å². The first kappa shape index (κ1) is 17.4. The Bertz CT molecular complexity index is 772. The molecule has 1 aliphatic heterocycles. The number of nitrogens with one attached hydrogen (secondary N) is 1. The standard InChI is InChI=1S/C16H21N5O4/c1-8-2-10-12(3-9(8)17)21(5-13(23)15(25)14(24)6-22)16-11(20-10)4-18-7-19-16/h2-4,7,13-15,20,22-25H,5-6,17H2,1H3/t13-,14+,15-/m0/s1. The zero-order valence-corrected chi connectivity index (χ0v) is 13.7. The maximum absolute atomic E-state index is 10.3. The van der Waals surface area contributed by atoms with Gasteiger partial charge >= 0.3 is 0 Å². The van der Waals surface area contributed by atoms with Gasteiger partial charge in [0.15, 0.2) is 5.82 Å². The Morgan fingerprint density at radius 2 is 1.96 bits per heavy atom. The van der Waals surface area contributed by atoms with E-state index in [2.05, 4.69) is 15.3 Å². The summed E-state index contributed by atoms with van der Waals surface area (Å²) in [6.07, 6.45) is -1.28. The molecular formula is C16H21N5O4. The third kappa shape index (κ3) is 3.22. The molecule has 3 atom stereocenters. The zero-order chi connectivity index (χ0) is 18.1. The van der Waals surface area contributed by atoms with Crippen molar-refractivity contribution in [3.8, 4) is 0 Å². The molecule has 7 N–H and O–H groups in total. The Balaban J connectivity index is 1.99. The van der Waals surface area contributed by atoms with Crippen LogP contribution in [-0.2, 0) is 0 Å². The summed E-state index contributed by atoms with van der Waals surface area (Å²) in [7, 11) is 0. The lowest BCUT2D eigenvalue weighted by molar-refractivity contribution is -0.0726. The second kappa shape index (κ2) is 6.81. The summed E-state index contributed by atoms with van der Waals surface area (Å²) in [5.41, 5.74) is 9.57. The van der Waals surface area contributed by atoms with Crippen LogP contribution in [0.3, 0.4) is 0 Å². The smallest absolute Gasteiger partial charge is 0.160 e. The van der Waals surface area contributed by atoms with Gasteiger partial charge in [-0.3, -0.25) is 0 Å². The lowest BCUT2D eigenvalue weighted by Gasteiger charge is -2.35. The van der Waals surface area contributed by atoms with Gasteiger partial charge in [0.05, 0.1) is 30.7 Å². The molecule has 0 saturated heterocycles. The summed E-state index contributed by atoms with van der Waals surface area (Å²) >= 11 is 0.